The van der Waals surface area contributed by atoms with Gasteiger partial charge in [-0.15, -0.1) is 4.40 Å². The normalized spacial score (nSPS) is 19.4. The van der Waals surface area contributed by atoms with Crippen molar-refractivity contribution in [3.63, 3.8) is 0 Å². The van der Waals surface area contributed by atoms with Gasteiger partial charge in [-0.25, -0.2) is 0 Å². The van der Waals surface area contributed by atoms with Crippen molar-refractivity contribution in [1.29, 1.82) is 0 Å². The molecule has 2 aliphatic heterocycles. The van der Waals surface area contributed by atoms with E-state index >= 15 is 0 Å². The van der Waals surface area contributed by atoms with Gasteiger partial charge in [-0.1, -0.05) is 28.1 Å². The summed E-state index contributed by atoms with van der Waals surface area (Å²) >= 11 is 0. The third kappa shape index (κ3) is 2.85. The van der Waals surface area contributed by atoms with Crippen LogP contribution >= 0.6 is 10.8 Å². The van der Waals surface area contributed by atoms with Gasteiger partial charge in [-0.3, -0.25) is 9.11 Å². The van der Waals surface area contributed by atoms with Crippen LogP contribution in [0.25, 0.3) is 0 Å². The molecule has 5 N–H and O–H groups in total. The number of nitrogens with zero attached hydrogens (tertiary/aromatic N) is 3. The van der Waals surface area contributed by atoms with Crippen LogP contribution in [0.4, 0.5) is 5.69 Å². The Morgan fingerprint density at radius 3 is 2.81 bits per heavy atom. The molecule has 2 aromatic rings. The summed E-state index contributed by atoms with van der Waals surface area (Å²) in [4.78, 5) is 2.36. The molecule has 9 heteroatoms. The third-order valence-electron chi connectivity index (χ3n) is 4.32. The molecule has 2 heterocycles. The second-order valence-corrected chi connectivity index (χ2v) is 7.69. The first kappa shape index (κ1) is 16.7. The molecule has 26 heavy (non-hydrogen) atoms. The number of benzene rings is 2. The molecule has 0 saturated carbocycles. The van der Waals surface area contributed by atoms with E-state index in [0.29, 0.717) is 22.0 Å². The number of hydrogen-bond acceptors (Lipinski definition) is 7. The quantitative estimate of drug-likeness (QED) is 0.282. The van der Waals surface area contributed by atoms with Crippen LogP contribution in [0.5, 0.6) is 11.5 Å². The molecule has 136 valence electrons. The molecule has 0 radical (unpaired) electrons. The molecule has 0 aliphatic carbocycles. The summed E-state index contributed by atoms with van der Waals surface area (Å²) in [6.45, 7) is 0.809. The van der Waals surface area contributed by atoms with Crippen LogP contribution < -0.4 is 15.4 Å². The van der Waals surface area contributed by atoms with E-state index in [0.717, 1.165) is 30.9 Å². The van der Waals surface area contributed by atoms with Crippen LogP contribution in [0.15, 0.2) is 56.9 Å². The zero-order valence-electron chi connectivity index (χ0n) is 13.7. The zero-order chi connectivity index (χ0) is 18.3. The maximum atomic E-state index is 10.4. The predicted molar refractivity (Wildman–Crippen MR) is 101 cm³/mol. The van der Waals surface area contributed by atoms with Crippen molar-refractivity contribution in [2.75, 3.05) is 11.4 Å². The first-order chi connectivity index (χ1) is 12.5. The smallest absolute Gasteiger partial charge is 0.170 e. The van der Waals surface area contributed by atoms with Crippen molar-refractivity contribution in [3.8, 4) is 11.5 Å². The number of fused-ring (bicyclic) bond motifs is 3. The topological polar surface area (TPSA) is 124 Å². The lowest BCUT2D eigenvalue weighted by Gasteiger charge is -2.37. The lowest BCUT2D eigenvalue weighted by Crippen LogP contribution is -2.29. The molecular weight excluding hydrogens is 356 g/mol. The summed E-state index contributed by atoms with van der Waals surface area (Å²) in [5.41, 5.74) is 6.86. The highest BCUT2D eigenvalue weighted by Crippen LogP contribution is 2.58. The number of ether oxygens (including phenoxy) is 1. The molecule has 1 fully saturated rings. The molecule has 0 atom stereocenters. The average molecular weight is 374 g/mol. The number of hydrogen-bond donors (Lipinski definition) is 4. The van der Waals surface area contributed by atoms with Crippen molar-refractivity contribution in [2.45, 2.75) is 17.7 Å². The maximum Gasteiger partial charge on any atom is 0.170 e. The highest BCUT2D eigenvalue weighted by atomic mass is 32.3. The van der Waals surface area contributed by atoms with E-state index in [-0.39, 0.29) is 5.84 Å². The molecule has 0 amide bonds. The van der Waals surface area contributed by atoms with Gasteiger partial charge < -0.3 is 20.6 Å². The second kappa shape index (κ2) is 6.20. The van der Waals surface area contributed by atoms with Crippen LogP contribution in [0.2, 0.25) is 0 Å². The van der Waals surface area contributed by atoms with E-state index in [1.807, 2.05) is 11.0 Å². The van der Waals surface area contributed by atoms with E-state index in [2.05, 4.69) is 9.55 Å². The van der Waals surface area contributed by atoms with Crippen LogP contribution in [0.3, 0.4) is 0 Å². The van der Waals surface area contributed by atoms with Crippen molar-refractivity contribution in [3.05, 3.63) is 48.0 Å². The summed E-state index contributed by atoms with van der Waals surface area (Å²) in [6, 6.07) is 11.9. The minimum Gasteiger partial charge on any atom is -0.457 e. The van der Waals surface area contributed by atoms with Gasteiger partial charge in [-0.05, 0) is 30.7 Å². The van der Waals surface area contributed by atoms with Crippen molar-refractivity contribution < 1.29 is 19.0 Å². The summed E-state index contributed by atoms with van der Waals surface area (Å²) in [5, 5.41) is 11.8. The lowest BCUT2D eigenvalue weighted by atomic mass is 10.2. The Balaban J connectivity index is 1.67. The molecule has 0 aromatic heterocycles. The highest BCUT2D eigenvalue weighted by molar-refractivity contribution is 8.23. The standard InChI is InChI=1S/C17H18N4O4S/c18-17(19-22)11-3-1-4-12(9-11)25-13-6-7-14-15(10-13)26(23,24)20-16-5-2-8-21(14)16/h1,3-4,6-7,9-10,22-24H,2,5,8H2,(H2,18,19). The van der Waals surface area contributed by atoms with Gasteiger partial charge in [-0.2, -0.15) is 0 Å². The molecule has 0 unspecified atom stereocenters. The fourth-order valence-electron chi connectivity index (χ4n) is 3.12. The monoisotopic (exact) mass is 374 g/mol. The second-order valence-electron chi connectivity index (χ2n) is 6.03. The highest BCUT2D eigenvalue weighted by Gasteiger charge is 2.34. The maximum absolute atomic E-state index is 10.4. The van der Waals surface area contributed by atoms with Gasteiger partial charge in [0.15, 0.2) is 5.84 Å². The SMILES string of the molecule is N/C(=N/O)c1cccc(Oc2ccc3c(c2)S(O)(O)N=C2CCCN23)c1. The molecule has 0 bridgehead atoms. The molecule has 0 spiro atoms. The van der Waals surface area contributed by atoms with E-state index in [9.17, 15) is 9.11 Å². The Hall–Kier alpha value is -2.75. The van der Waals surface area contributed by atoms with Crippen LogP contribution in [-0.4, -0.2) is 32.5 Å². The van der Waals surface area contributed by atoms with Gasteiger partial charge in [0.1, 0.15) is 22.2 Å². The summed E-state index contributed by atoms with van der Waals surface area (Å²) in [5.74, 6) is 1.62. The van der Waals surface area contributed by atoms with Gasteiger partial charge in [0.25, 0.3) is 0 Å². The lowest BCUT2D eigenvalue weighted by molar-refractivity contribution is 0.318. The number of amidine groups is 2. The Morgan fingerprint density at radius 2 is 2.00 bits per heavy atom. The molecular formula is C17H18N4O4S. The molecule has 1 saturated heterocycles. The fourth-order valence-corrected chi connectivity index (χ4v) is 4.44. The Bertz CT molecular complexity index is 929. The first-order valence-corrected chi connectivity index (χ1v) is 9.53. The van der Waals surface area contributed by atoms with E-state index in [1.54, 1.807) is 36.4 Å². The van der Waals surface area contributed by atoms with Gasteiger partial charge >= 0.3 is 0 Å². The van der Waals surface area contributed by atoms with Crippen LogP contribution in [0.1, 0.15) is 18.4 Å². The number of oxime groups is 1. The van der Waals surface area contributed by atoms with Crippen molar-refractivity contribution >= 4 is 28.1 Å². The molecule has 2 aliphatic rings. The number of nitrogens with two attached hydrogens (primary N) is 1. The van der Waals surface area contributed by atoms with E-state index < -0.39 is 10.8 Å². The van der Waals surface area contributed by atoms with E-state index in [1.165, 1.54) is 0 Å². The Kier molecular flexibility index (Phi) is 3.98. The van der Waals surface area contributed by atoms with Crippen molar-refractivity contribution in [2.24, 2.45) is 15.3 Å². The largest absolute Gasteiger partial charge is 0.457 e. The average Bonchev–Trinajstić information content (AvgIpc) is 3.09. The third-order valence-corrected chi connectivity index (χ3v) is 5.70. The molecule has 2 aromatic carbocycles. The van der Waals surface area contributed by atoms with Crippen LogP contribution in [-0.2, 0) is 0 Å². The fraction of sp³-hybridized carbons (Fsp3) is 0.176. The van der Waals surface area contributed by atoms with Gasteiger partial charge in [0.05, 0.1) is 5.69 Å². The number of anilines is 1. The zero-order valence-corrected chi connectivity index (χ0v) is 14.6. The molecule has 4 rings (SSSR count). The van der Waals surface area contributed by atoms with E-state index in [4.69, 9.17) is 15.7 Å². The Morgan fingerprint density at radius 1 is 1.19 bits per heavy atom. The van der Waals surface area contributed by atoms with Gasteiger partial charge in [0, 0.05) is 24.6 Å². The molecule has 8 nitrogen and oxygen atoms in total. The summed E-state index contributed by atoms with van der Waals surface area (Å²) in [6.07, 6.45) is 1.68. The number of rotatable bonds is 3. The predicted octanol–water partition coefficient (Wildman–Crippen LogP) is 3.61. The summed E-state index contributed by atoms with van der Waals surface area (Å²) < 4.78 is 30.8. The first-order valence-electron chi connectivity index (χ1n) is 8.02. The van der Waals surface area contributed by atoms with Crippen molar-refractivity contribution in [1.82, 2.24) is 0 Å². The minimum atomic E-state index is -3.24. The summed E-state index contributed by atoms with van der Waals surface area (Å²) in [7, 11) is -3.24. The van der Waals surface area contributed by atoms with Gasteiger partial charge in [0.2, 0.25) is 0 Å². The van der Waals surface area contributed by atoms with Crippen LogP contribution in [0, 0.1) is 0 Å². The Labute approximate surface area is 151 Å². The minimum absolute atomic E-state index is 0.0223.